The van der Waals surface area contributed by atoms with Gasteiger partial charge in [-0.1, -0.05) is 26.7 Å². The molecule has 0 aliphatic rings. The zero-order valence-electron chi connectivity index (χ0n) is 7.08. The fraction of sp³-hybridized carbons (Fsp3) is 1.00. The SMILES string of the molecule is CCCC(C)CCO[N+](=O)[O-]. The van der Waals surface area contributed by atoms with Crippen molar-refractivity contribution in [1.29, 1.82) is 0 Å². The molecule has 0 aromatic rings. The minimum absolute atomic E-state index is 0.230. The minimum Gasteiger partial charge on any atom is -0.314 e. The highest BCUT2D eigenvalue weighted by Crippen LogP contribution is 2.09. The maximum atomic E-state index is 9.72. The van der Waals surface area contributed by atoms with E-state index < -0.39 is 5.09 Å². The van der Waals surface area contributed by atoms with Gasteiger partial charge >= 0.3 is 0 Å². The summed E-state index contributed by atoms with van der Waals surface area (Å²) >= 11 is 0. The van der Waals surface area contributed by atoms with E-state index in [0.29, 0.717) is 5.92 Å². The Morgan fingerprint density at radius 2 is 2.18 bits per heavy atom. The van der Waals surface area contributed by atoms with Gasteiger partial charge in [0.2, 0.25) is 0 Å². The van der Waals surface area contributed by atoms with Crippen LogP contribution in [0.25, 0.3) is 0 Å². The standard InChI is InChI=1S/C7H15NO3/c1-3-4-7(2)5-6-11-8(9)10/h7H,3-6H2,1-2H3. The zero-order chi connectivity index (χ0) is 8.69. The normalized spacial score (nSPS) is 12.5. The molecular weight excluding hydrogens is 146 g/mol. The summed E-state index contributed by atoms with van der Waals surface area (Å²) in [5, 5.41) is 8.98. The van der Waals surface area contributed by atoms with Crippen molar-refractivity contribution in [2.24, 2.45) is 5.92 Å². The zero-order valence-corrected chi connectivity index (χ0v) is 7.08. The van der Waals surface area contributed by atoms with Gasteiger partial charge in [-0.3, -0.25) is 0 Å². The average molecular weight is 161 g/mol. The van der Waals surface area contributed by atoms with Crippen LogP contribution in [0.3, 0.4) is 0 Å². The first kappa shape index (κ1) is 10.2. The van der Waals surface area contributed by atoms with E-state index in [4.69, 9.17) is 0 Å². The highest BCUT2D eigenvalue weighted by Gasteiger charge is 2.01. The predicted octanol–water partition coefficient (Wildman–Crippen LogP) is 2.02. The number of hydrogen-bond donors (Lipinski definition) is 0. The van der Waals surface area contributed by atoms with Crippen LogP contribution in [0.5, 0.6) is 0 Å². The molecule has 4 nitrogen and oxygen atoms in total. The molecule has 0 saturated carbocycles. The van der Waals surface area contributed by atoms with Crippen LogP contribution >= 0.6 is 0 Å². The molecule has 0 amide bonds. The van der Waals surface area contributed by atoms with Gasteiger partial charge in [0.15, 0.2) is 0 Å². The smallest absolute Gasteiger partial charge is 0.294 e. The third kappa shape index (κ3) is 7.09. The Morgan fingerprint density at radius 1 is 1.55 bits per heavy atom. The topological polar surface area (TPSA) is 52.4 Å². The molecule has 0 radical (unpaired) electrons. The Labute approximate surface area is 66.6 Å². The van der Waals surface area contributed by atoms with Crippen LogP contribution in [0.4, 0.5) is 0 Å². The van der Waals surface area contributed by atoms with E-state index in [2.05, 4.69) is 18.7 Å². The van der Waals surface area contributed by atoms with E-state index in [1.165, 1.54) is 0 Å². The number of nitrogens with zero attached hydrogens (tertiary/aromatic N) is 1. The largest absolute Gasteiger partial charge is 0.314 e. The van der Waals surface area contributed by atoms with Crippen molar-refractivity contribution < 1.29 is 9.92 Å². The van der Waals surface area contributed by atoms with E-state index in [0.717, 1.165) is 19.3 Å². The minimum atomic E-state index is -0.737. The summed E-state index contributed by atoms with van der Waals surface area (Å²) in [4.78, 5) is 13.9. The van der Waals surface area contributed by atoms with Crippen molar-refractivity contribution in [3.63, 3.8) is 0 Å². The average Bonchev–Trinajstić information content (AvgIpc) is 1.87. The molecule has 0 aliphatic carbocycles. The quantitative estimate of drug-likeness (QED) is 0.442. The second-order valence-electron chi connectivity index (χ2n) is 2.74. The van der Waals surface area contributed by atoms with Crippen LogP contribution in [0.1, 0.15) is 33.1 Å². The van der Waals surface area contributed by atoms with Crippen LogP contribution in [-0.4, -0.2) is 11.7 Å². The van der Waals surface area contributed by atoms with Crippen molar-refractivity contribution >= 4 is 0 Å². The number of hydrogen-bond acceptors (Lipinski definition) is 3. The third-order valence-corrected chi connectivity index (χ3v) is 1.59. The second kappa shape index (κ2) is 5.95. The van der Waals surface area contributed by atoms with Gasteiger partial charge < -0.3 is 4.84 Å². The lowest BCUT2D eigenvalue weighted by Gasteiger charge is -2.07. The van der Waals surface area contributed by atoms with Crippen LogP contribution in [0, 0.1) is 16.0 Å². The van der Waals surface area contributed by atoms with Crippen molar-refractivity contribution in [3.05, 3.63) is 10.1 Å². The van der Waals surface area contributed by atoms with Gasteiger partial charge in [0.05, 0.1) is 6.61 Å². The molecule has 1 unspecified atom stereocenters. The summed E-state index contributed by atoms with van der Waals surface area (Å²) in [7, 11) is 0. The molecule has 0 bridgehead atoms. The van der Waals surface area contributed by atoms with Crippen LogP contribution < -0.4 is 0 Å². The van der Waals surface area contributed by atoms with E-state index in [1.807, 2.05) is 0 Å². The molecule has 0 heterocycles. The highest BCUT2D eigenvalue weighted by atomic mass is 16.9. The summed E-state index contributed by atoms with van der Waals surface area (Å²) in [5.41, 5.74) is 0. The van der Waals surface area contributed by atoms with Gasteiger partial charge in [0.25, 0.3) is 5.09 Å². The monoisotopic (exact) mass is 161 g/mol. The molecule has 0 saturated heterocycles. The van der Waals surface area contributed by atoms with Crippen molar-refractivity contribution in [3.8, 4) is 0 Å². The first-order chi connectivity index (χ1) is 5.16. The lowest BCUT2D eigenvalue weighted by atomic mass is 10.0. The summed E-state index contributed by atoms with van der Waals surface area (Å²) in [6.07, 6.45) is 3.01. The molecule has 0 rings (SSSR count). The van der Waals surface area contributed by atoms with E-state index in [9.17, 15) is 10.1 Å². The van der Waals surface area contributed by atoms with E-state index in [-0.39, 0.29) is 6.61 Å². The summed E-state index contributed by atoms with van der Waals surface area (Å²) in [6, 6.07) is 0. The molecule has 0 aromatic heterocycles. The van der Waals surface area contributed by atoms with Gasteiger partial charge in [-0.2, -0.15) is 0 Å². The lowest BCUT2D eigenvalue weighted by molar-refractivity contribution is -0.758. The van der Waals surface area contributed by atoms with E-state index in [1.54, 1.807) is 0 Å². The van der Waals surface area contributed by atoms with Crippen molar-refractivity contribution in [1.82, 2.24) is 0 Å². The third-order valence-electron chi connectivity index (χ3n) is 1.59. The Morgan fingerprint density at radius 3 is 2.64 bits per heavy atom. The van der Waals surface area contributed by atoms with Crippen molar-refractivity contribution in [2.45, 2.75) is 33.1 Å². The Balaban J connectivity index is 3.16. The Kier molecular flexibility index (Phi) is 5.51. The van der Waals surface area contributed by atoms with Gasteiger partial charge in [0, 0.05) is 0 Å². The van der Waals surface area contributed by atoms with Gasteiger partial charge in [-0.25, -0.2) is 0 Å². The maximum Gasteiger partial charge on any atom is 0.294 e. The maximum absolute atomic E-state index is 9.72. The van der Waals surface area contributed by atoms with Crippen LogP contribution in [0.15, 0.2) is 0 Å². The molecule has 11 heavy (non-hydrogen) atoms. The molecule has 66 valence electrons. The predicted molar refractivity (Wildman–Crippen MR) is 41.6 cm³/mol. The number of rotatable bonds is 6. The van der Waals surface area contributed by atoms with Gasteiger partial charge in [0.1, 0.15) is 0 Å². The Bertz CT molecular complexity index is 116. The molecule has 0 aliphatic heterocycles. The molecule has 0 N–H and O–H groups in total. The van der Waals surface area contributed by atoms with Gasteiger partial charge in [-0.15, -0.1) is 10.1 Å². The van der Waals surface area contributed by atoms with Crippen LogP contribution in [-0.2, 0) is 4.84 Å². The van der Waals surface area contributed by atoms with Crippen molar-refractivity contribution in [2.75, 3.05) is 6.61 Å². The molecule has 0 spiro atoms. The highest BCUT2D eigenvalue weighted by molar-refractivity contribution is 4.49. The first-order valence-electron chi connectivity index (χ1n) is 3.94. The van der Waals surface area contributed by atoms with E-state index >= 15 is 0 Å². The Hall–Kier alpha value is -0.800. The summed E-state index contributed by atoms with van der Waals surface area (Å²) < 4.78 is 0. The molecular formula is C7H15NO3. The second-order valence-corrected chi connectivity index (χ2v) is 2.74. The summed E-state index contributed by atoms with van der Waals surface area (Å²) in [5.74, 6) is 0.528. The molecule has 0 aromatic carbocycles. The molecule has 1 atom stereocenters. The molecule has 0 fully saturated rings. The van der Waals surface area contributed by atoms with Gasteiger partial charge in [-0.05, 0) is 12.3 Å². The summed E-state index contributed by atoms with van der Waals surface area (Å²) in [6.45, 7) is 4.41. The van der Waals surface area contributed by atoms with Crippen LogP contribution in [0.2, 0.25) is 0 Å². The fourth-order valence-corrected chi connectivity index (χ4v) is 0.966. The fourth-order valence-electron chi connectivity index (χ4n) is 0.966. The lowest BCUT2D eigenvalue weighted by Crippen LogP contribution is -2.06. The molecule has 4 heteroatoms. The first-order valence-corrected chi connectivity index (χ1v) is 3.94.